The smallest absolute Gasteiger partial charge is 0.304 e. The van der Waals surface area contributed by atoms with Crippen molar-refractivity contribution in [1.29, 1.82) is 0 Å². The highest BCUT2D eigenvalue weighted by atomic mass is 32.1. The highest BCUT2D eigenvalue weighted by Crippen LogP contribution is 2.18. The molecule has 8 N–H and O–H groups in total. The van der Waals surface area contributed by atoms with Gasteiger partial charge >= 0.3 is 17.9 Å². The molecule has 0 saturated heterocycles. The van der Waals surface area contributed by atoms with Crippen LogP contribution in [-0.4, -0.2) is 101 Å². The molecule has 3 atom stereocenters. The zero-order chi connectivity index (χ0) is 29.9. The summed E-state index contributed by atoms with van der Waals surface area (Å²) in [5.74, 6) is -2.37. The minimum Gasteiger partial charge on any atom is -0.481 e. The normalized spacial score (nSPS) is 12.5. The van der Waals surface area contributed by atoms with E-state index in [0.29, 0.717) is 12.8 Å². The fraction of sp³-hybridized carbons (Fsp3) is 0.864. The monoisotopic (exact) mass is 584 g/mol. The Morgan fingerprint density at radius 2 is 0.917 bits per heavy atom. The SMILES string of the molecule is CC(S)CC(=O)O.CC(S)CC(=O)O.CC(S)CC(=O)O.CCC(CO)(CO)CO.CCCC(O)O. The van der Waals surface area contributed by atoms with Crippen molar-refractivity contribution in [2.24, 2.45) is 5.41 Å². The molecule has 0 rings (SSSR count). The minimum absolute atomic E-state index is 0.0301. The number of carboxylic acids is 3. The Hall–Kier alpha value is -0.740. The van der Waals surface area contributed by atoms with Crippen LogP contribution in [0.15, 0.2) is 0 Å². The molecule has 36 heavy (non-hydrogen) atoms. The Bertz CT molecular complexity index is 448. The van der Waals surface area contributed by atoms with Crippen LogP contribution in [-0.2, 0) is 14.4 Å². The number of aliphatic carboxylic acids is 3. The molecule has 0 aliphatic rings. The van der Waals surface area contributed by atoms with Crippen LogP contribution in [0.5, 0.6) is 0 Å². The summed E-state index contributed by atoms with van der Waals surface area (Å²) in [7, 11) is 0. The number of thiol groups is 3. The van der Waals surface area contributed by atoms with Gasteiger partial charge in [0.15, 0.2) is 6.29 Å². The van der Waals surface area contributed by atoms with Gasteiger partial charge in [-0.2, -0.15) is 37.9 Å². The average molecular weight is 585 g/mol. The van der Waals surface area contributed by atoms with Gasteiger partial charge in [-0.05, 0) is 12.8 Å². The van der Waals surface area contributed by atoms with Crippen LogP contribution in [0, 0.1) is 5.41 Å². The minimum atomic E-state index is -1.10. The van der Waals surface area contributed by atoms with E-state index in [9.17, 15) is 14.4 Å². The molecule has 0 aromatic carbocycles. The van der Waals surface area contributed by atoms with E-state index in [1.165, 1.54) is 0 Å². The van der Waals surface area contributed by atoms with Crippen molar-refractivity contribution in [1.82, 2.24) is 0 Å². The fourth-order valence-electron chi connectivity index (χ4n) is 1.50. The van der Waals surface area contributed by atoms with Crippen LogP contribution in [0.1, 0.15) is 73.1 Å². The lowest BCUT2D eigenvalue weighted by molar-refractivity contribution is -0.137. The first kappa shape index (κ1) is 45.2. The van der Waals surface area contributed by atoms with Crippen LogP contribution in [0.3, 0.4) is 0 Å². The Morgan fingerprint density at radius 3 is 0.917 bits per heavy atom. The maximum Gasteiger partial charge on any atom is 0.304 e. The maximum absolute atomic E-state index is 9.76. The van der Waals surface area contributed by atoms with Crippen molar-refractivity contribution in [3.63, 3.8) is 0 Å². The van der Waals surface area contributed by atoms with E-state index in [0.717, 1.165) is 6.42 Å². The molecule has 0 fully saturated rings. The van der Waals surface area contributed by atoms with Gasteiger partial charge in [0.2, 0.25) is 0 Å². The van der Waals surface area contributed by atoms with Crippen LogP contribution in [0.2, 0.25) is 0 Å². The van der Waals surface area contributed by atoms with Gasteiger partial charge in [0.05, 0.1) is 39.1 Å². The molecule has 0 aliphatic carbocycles. The third-order valence-electron chi connectivity index (χ3n) is 3.71. The number of aliphatic hydroxyl groups excluding tert-OH is 4. The fourth-order valence-corrected chi connectivity index (χ4v) is 1.97. The number of rotatable bonds is 12. The van der Waals surface area contributed by atoms with Gasteiger partial charge in [0.1, 0.15) is 0 Å². The Labute approximate surface area is 231 Å². The Morgan fingerprint density at radius 1 is 0.667 bits per heavy atom. The Balaban J connectivity index is -0.000000112. The number of hydrogen-bond donors (Lipinski definition) is 11. The van der Waals surface area contributed by atoms with Gasteiger partial charge in [0, 0.05) is 21.2 Å². The van der Waals surface area contributed by atoms with E-state index in [1.54, 1.807) is 20.8 Å². The number of aliphatic hydroxyl groups is 5. The van der Waals surface area contributed by atoms with Crippen molar-refractivity contribution >= 4 is 55.8 Å². The van der Waals surface area contributed by atoms with Crippen LogP contribution < -0.4 is 0 Å². The number of carboxylic acid groups (broad SMARTS) is 3. The lowest BCUT2D eigenvalue weighted by Gasteiger charge is -2.24. The molecule has 0 radical (unpaired) electrons. The molecule has 14 heteroatoms. The molecule has 0 heterocycles. The zero-order valence-electron chi connectivity index (χ0n) is 21.8. The third kappa shape index (κ3) is 50.2. The van der Waals surface area contributed by atoms with Crippen LogP contribution in [0.4, 0.5) is 0 Å². The predicted octanol–water partition coefficient (Wildman–Crippen LogP) is 1.80. The van der Waals surface area contributed by atoms with Crippen molar-refractivity contribution < 1.29 is 55.2 Å². The second-order valence-corrected chi connectivity index (χ2v) is 10.6. The first-order chi connectivity index (χ1) is 16.4. The van der Waals surface area contributed by atoms with Gasteiger partial charge in [0.25, 0.3) is 0 Å². The molecule has 0 saturated carbocycles. The summed E-state index contributed by atoms with van der Waals surface area (Å²) in [6.07, 6.45) is 1.23. The summed E-state index contributed by atoms with van der Waals surface area (Å²) >= 11 is 11.6. The highest BCUT2D eigenvalue weighted by molar-refractivity contribution is 7.81. The topological polar surface area (TPSA) is 213 Å². The van der Waals surface area contributed by atoms with Crippen LogP contribution >= 0.6 is 37.9 Å². The highest BCUT2D eigenvalue weighted by Gasteiger charge is 2.24. The number of hydrogen-bond acceptors (Lipinski definition) is 11. The molecule has 11 nitrogen and oxygen atoms in total. The molecule has 0 amide bonds. The summed E-state index contributed by atoms with van der Waals surface area (Å²) in [5.41, 5.74) is -0.667. The van der Waals surface area contributed by atoms with E-state index < -0.39 is 29.6 Å². The lowest BCUT2D eigenvalue weighted by atomic mass is 9.88. The van der Waals surface area contributed by atoms with Gasteiger partial charge < -0.3 is 40.9 Å². The van der Waals surface area contributed by atoms with Gasteiger partial charge in [-0.25, -0.2) is 0 Å². The molecule has 220 valence electrons. The van der Waals surface area contributed by atoms with Crippen molar-refractivity contribution in [3.05, 3.63) is 0 Å². The summed E-state index contributed by atoms with van der Waals surface area (Å²) < 4.78 is 0. The molecule has 0 spiro atoms. The molecule has 0 aromatic rings. The van der Waals surface area contributed by atoms with Crippen molar-refractivity contribution in [2.75, 3.05) is 19.8 Å². The maximum atomic E-state index is 9.76. The summed E-state index contributed by atoms with van der Waals surface area (Å²) in [6, 6.07) is 0. The van der Waals surface area contributed by atoms with E-state index in [1.807, 2.05) is 13.8 Å². The van der Waals surface area contributed by atoms with Gasteiger partial charge in [-0.3, -0.25) is 14.4 Å². The van der Waals surface area contributed by atoms with Crippen molar-refractivity contribution in [2.45, 2.75) is 95.2 Å². The standard InChI is InChI=1S/C6H14O3.3C4H8O2S.C4H10O2/c1-2-6(3-7,4-8)5-9;3*1-3(7)2-4(5)6;1-2-3-4(5)6/h7-9H,2-5H2,1H3;3*3,7H,2H2,1H3,(H,5,6);4-6H,2-3H2,1H3. The molecular formula is C22H48O11S3. The third-order valence-corrected chi connectivity index (χ3v) is 4.26. The van der Waals surface area contributed by atoms with E-state index in [-0.39, 0.29) is 54.8 Å². The molecular weight excluding hydrogens is 536 g/mol. The van der Waals surface area contributed by atoms with E-state index in [4.69, 9.17) is 40.9 Å². The van der Waals surface area contributed by atoms with Crippen LogP contribution in [0.25, 0.3) is 0 Å². The summed E-state index contributed by atoms with van der Waals surface area (Å²) in [6.45, 7) is 8.50. The predicted molar refractivity (Wildman–Crippen MR) is 149 cm³/mol. The summed E-state index contributed by atoms with van der Waals surface area (Å²) in [5, 5.41) is 66.2. The lowest BCUT2D eigenvalue weighted by Crippen LogP contribution is -2.32. The molecule has 0 aromatic heterocycles. The van der Waals surface area contributed by atoms with Gasteiger partial charge in [-0.1, -0.05) is 41.0 Å². The Kier molecular flexibility index (Phi) is 38.3. The molecule has 3 unspecified atom stereocenters. The second-order valence-electron chi connectivity index (χ2n) is 7.94. The molecule has 0 bridgehead atoms. The van der Waals surface area contributed by atoms with E-state index >= 15 is 0 Å². The first-order valence-electron chi connectivity index (χ1n) is 11.3. The summed E-state index contributed by atoms with van der Waals surface area (Å²) in [4.78, 5) is 29.3. The quantitative estimate of drug-likeness (QED) is 0.117. The molecule has 0 aliphatic heterocycles. The largest absolute Gasteiger partial charge is 0.481 e. The second kappa shape index (κ2) is 30.5. The first-order valence-corrected chi connectivity index (χ1v) is 12.8. The number of carbonyl (C=O) groups is 3. The zero-order valence-corrected chi connectivity index (χ0v) is 24.5. The van der Waals surface area contributed by atoms with Gasteiger partial charge in [-0.15, -0.1) is 0 Å². The average Bonchev–Trinajstić information content (AvgIpc) is 2.69. The van der Waals surface area contributed by atoms with E-state index in [2.05, 4.69) is 37.9 Å². The van der Waals surface area contributed by atoms with Crippen molar-refractivity contribution in [3.8, 4) is 0 Å².